The van der Waals surface area contributed by atoms with Crippen LogP contribution in [0, 0.1) is 11.7 Å². The number of anilines is 1. The van der Waals surface area contributed by atoms with Gasteiger partial charge in [-0.15, -0.1) is 0 Å². The minimum absolute atomic E-state index is 0.150. The summed E-state index contributed by atoms with van der Waals surface area (Å²) in [6.07, 6.45) is 6.50. The zero-order chi connectivity index (χ0) is 14.4. The van der Waals surface area contributed by atoms with Crippen LogP contribution in [0.15, 0.2) is 12.3 Å². The zero-order valence-electron chi connectivity index (χ0n) is 12.7. The van der Waals surface area contributed by atoms with Gasteiger partial charge in [-0.1, -0.05) is 20.3 Å². The van der Waals surface area contributed by atoms with Gasteiger partial charge in [0, 0.05) is 31.4 Å². The summed E-state index contributed by atoms with van der Waals surface area (Å²) in [7, 11) is 0. The van der Waals surface area contributed by atoms with Gasteiger partial charge in [-0.2, -0.15) is 0 Å². The third-order valence-corrected chi connectivity index (χ3v) is 4.24. The molecule has 2 heterocycles. The molecule has 2 rings (SSSR count). The molecule has 0 radical (unpaired) electrons. The fraction of sp³-hybridized carbons (Fsp3) is 0.688. The Morgan fingerprint density at radius 2 is 2.20 bits per heavy atom. The molecule has 0 saturated carbocycles. The highest BCUT2D eigenvalue weighted by Crippen LogP contribution is 2.26. The van der Waals surface area contributed by atoms with Gasteiger partial charge in [0.05, 0.1) is 0 Å². The number of nitrogens with one attached hydrogen (secondary N) is 1. The van der Waals surface area contributed by atoms with Crippen molar-refractivity contribution >= 4 is 5.82 Å². The Morgan fingerprint density at radius 3 is 2.95 bits per heavy atom. The lowest BCUT2D eigenvalue weighted by atomic mass is 9.98. The fourth-order valence-electron chi connectivity index (χ4n) is 2.87. The number of pyridine rings is 1. The van der Waals surface area contributed by atoms with Crippen molar-refractivity contribution in [3.8, 4) is 0 Å². The SMILES string of the molecule is CCNCc1ccnc(N2CCCC(CC)CC2)c1F. The highest BCUT2D eigenvalue weighted by Gasteiger charge is 2.20. The van der Waals surface area contributed by atoms with E-state index < -0.39 is 0 Å². The highest BCUT2D eigenvalue weighted by atomic mass is 19.1. The smallest absolute Gasteiger partial charge is 0.170 e. The molecule has 0 amide bonds. The lowest BCUT2D eigenvalue weighted by Gasteiger charge is -2.23. The molecule has 4 heteroatoms. The van der Waals surface area contributed by atoms with Gasteiger partial charge in [-0.3, -0.25) is 0 Å². The molecule has 0 aliphatic carbocycles. The summed E-state index contributed by atoms with van der Waals surface area (Å²) in [5.41, 5.74) is 0.716. The highest BCUT2D eigenvalue weighted by molar-refractivity contribution is 5.43. The number of aromatic nitrogens is 1. The molecule has 1 N–H and O–H groups in total. The van der Waals surface area contributed by atoms with Crippen molar-refractivity contribution in [2.75, 3.05) is 24.5 Å². The molecule has 1 unspecified atom stereocenters. The zero-order valence-corrected chi connectivity index (χ0v) is 12.7. The first-order chi connectivity index (χ1) is 9.76. The van der Waals surface area contributed by atoms with E-state index in [0.29, 0.717) is 17.9 Å². The van der Waals surface area contributed by atoms with Gasteiger partial charge < -0.3 is 10.2 Å². The first-order valence-electron chi connectivity index (χ1n) is 7.85. The summed E-state index contributed by atoms with van der Waals surface area (Å²) >= 11 is 0. The predicted octanol–water partition coefficient (Wildman–Crippen LogP) is 3.35. The lowest BCUT2D eigenvalue weighted by molar-refractivity contribution is 0.459. The van der Waals surface area contributed by atoms with Gasteiger partial charge >= 0.3 is 0 Å². The second-order valence-electron chi connectivity index (χ2n) is 5.58. The number of hydrogen-bond acceptors (Lipinski definition) is 3. The van der Waals surface area contributed by atoms with Crippen LogP contribution in [0.4, 0.5) is 10.2 Å². The Balaban J connectivity index is 2.11. The van der Waals surface area contributed by atoms with E-state index in [1.807, 2.05) is 6.92 Å². The van der Waals surface area contributed by atoms with Crippen molar-refractivity contribution in [3.05, 3.63) is 23.6 Å². The maximum atomic E-state index is 14.5. The molecular weight excluding hydrogens is 253 g/mol. The van der Waals surface area contributed by atoms with Crippen molar-refractivity contribution in [3.63, 3.8) is 0 Å². The summed E-state index contributed by atoms with van der Waals surface area (Å²) < 4.78 is 14.5. The molecule has 1 aliphatic rings. The van der Waals surface area contributed by atoms with Crippen molar-refractivity contribution in [2.24, 2.45) is 5.92 Å². The van der Waals surface area contributed by atoms with Gasteiger partial charge in [-0.05, 0) is 37.8 Å². The van der Waals surface area contributed by atoms with E-state index in [1.165, 1.54) is 12.8 Å². The average Bonchev–Trinajstić information content (AvgIpc) is 2.71. The summed E-state index contributed by atoms with van der Waals surface area (Å²) in [6.45, 7) is 7.54. The van der Waals surface area contributed by atoms with Crippen LogP contribution in [-0.4, -0.2) is 24.6 Å². The Hall–Kier alpha value is -1.16. The maximum absolute atomic E-state index is 14.5. The topological polar surface area (TPSA) is 28.2 Å². The number of nitrogens with zero attached hydrogens (tertiary/aromatic N) is 2. The number of halogens is 1. The average molecular weight is 279 g/mol. The van der Waals surface area contributed by atoms with E-state index in [9.17, 15) is 4.39 Å². The molecule has 0 aromatic carbocycles. The summed E-state index contributed by atoms with van der Waals surface area (Å²) in [5, 5.41) is 3.18. The van der Waals surface area contributed by atoms with Crippen LogP contribution in [0.1, 0.15) is 45.1 Å². The monoisotopic (exact) mass is 279 g/mol. The quantitative estimate of drug-likeness (QED) is 0.896. The van der Waals surface area contributed by atoms with E-state index in [0.717, 1.165) is 38.4 Å². The molecule has 1 saturated heterocycles. The molecule has 112 valence electrons. The van der Waals surface area contributed by atoms with Gasteiger partial charge in [0.2, 0.25) is 0 Å². The Labute approximate surface area is 121 Å². The maximum Gasteiger partial charge on any atom is 0.170 e. The lowest BCUT2D eigenvalue weighted by Crippen LogP contribution is -2.27. The second kappa shape index (κ2) is 7.58. The van der Waals surface area contributed by atoms with E-state index in [2.05, 4.69) is 22.1 Å². The molecule has 1 fully saturated rings. The first-order valence-corrected chi connectivity index (χ1v) is 7.85. The van der Waals surface area contributed by atoms with E-state index in [-0.39, 0.29) is 5.82 Å². The minimum atomic E-state index is -0.150. The van der Waals surface area contributed by atoms with Crippen LogP contribution in [-0.2, 0) is 6.54 Å². The fourth-order valence-corrected chi connectivity index (χ4v) is 2.87. The summed E-state index contributed by atoms with van der Waals surface area (Å²) in [4.78, 5) is 6.41. The standard InChI is InChI=1S/C16H26FN3/c1-3-13-6-5-10-20(11-8-13)16-15(17)14(7-9-19-16)12-18-4-2/h7,9,13,18H,3-6,8,10-12H2,1-2H3. The van der Waals surface area contributed by atoms with Crippen LogP contribution >= 0.6 is 0 Å². The first kappa shape index (κ1) is 15.2. The molecular formula is C16H26FN3. The van der Waals surface area contributed by atoms with Gasteiger partial charge in [-0.25, -0.2) is 9.37 Å². The molecule has 1 atom stereocenters. The molecule has 3 nitrogen and oxygen atoms in total. The van der Waals surface area contributed by atoms with Crippen molar-refractivity contribution in [2.45, 2.75) is 46.1 Å². The Morgan fingerprint density at radius 1 is 1.35 bits per heavy atom. The minimum Gasteiger partial charge on any atom is -0.354 e. The molecule has 20 heavy (non-hydrogen) atoms. The number of hydrogen-bond donors (Lipinski definition) is 1. The largest absolute Gasteiger partial charge is 0.354 e. The molecule has 0 bridgehead atoms. The summed E-state index contributed by atoms with van der Waals surface area (Å²) in [6, 6.07) is 1.77. The van der Waals surface area contributed by atoms with Crippen molar-refractivity contribution in [1.82, 2.24) is 10.3 Å². The van der Waals surface area contributed by atoms with Crippen molar-refractivity contribution < 1.29 is 4.39 Å². The van der Waals surface area contributed by atoms with E-state index in [4.69, 9.17) is 0 Å². The third-order valence-electron chi connectivity index (χ3n) is 4.24. The molecule has 1 aliphatic heterocycles. The van der Waals surface area contributed by atoms with E-state index >= 15 is 0 Å². The Kier molecular flexibility index (Phi) is 5.77. The van der Waals surface area contributed by atoms with Gasteiger partial charge in [0.1, 0.15) is 0 Å². The van der Waals surface area contributed by atoms with Gasteiger partial charge in [0.15, 0.2) is 11.6 Å². The Bertz CT molecular complexity index is 422. The molecule has 1 aromatic rings. The second-order valence-corrected chi connectivity index (χ2v) is 5.58. The predicted molar refractivity (Wildman–Crippen MR) is 81.4 cm³/mol. The normalized spacial score (nSPS) is 19.9. The van der Waals surface area contributed by atoms with Crippen LogP contribution in [0.5, 0.6) is 0 Å². The van der Waals surface area contributed by atoms with Crippen LogP contribution in [0.2, 0.25) is 0 Å². The molecule has 1 aromatic heterocycles. The van der Waals surface area contributed by atoms with Crippen LogP contribution in [0.25, 0.3) is 0 Å². The third kappa shape index (κ3) is 3.69. The molecule has 0 spiro atoms. The van der Waals surface area contributed by atoms with Crippen LogP contribution in [0.3, 0.4) is 0 Å². The number of rotatable bonds is 5. The van der Waals surface area contributed by atoms with Gasteiger partial charge in [0.25, 0.3) is 0 Å². The van der Waals surface area contributed by atoms with Crippen molar-refractivity contribution in [1.29, 1.82) is 0 Å². The van der Waals surface area contributed by atoms with Crippen LogP contribution < -0.4 is 10.2 Å². The van der Waals surface area contributed by atoms with E-state index in [1.54, 1.807) is 12.3 Å². The summed E-state index contributed by atoms with van der Waals surface area (Å²) in [5.74, 6) is 1.17.